The van der Waals surface area contributed by atoms with Crippen molar-refractivity contribution in [2.75, 3.05) is 11.9 Å². The molecule has 6 nitrogen and oxygen atoms in total. The average molecular weight is 392 g/mol. The summed E-state index contributed by atoms with van der Waals surface area (Å²) in [7, 11) is 0. The van der Waals surface area contributed by atoms with Crippen LogP contribution in [0.4, 0.5) is 10.1 Å². The van der Waals surface area contributed by atoms with Crippen LogP contribution in [0.15, 0.2) is 18.2 Å². The minimum absolute atomic E-state index is 0.0341. The highest BCUT2D eigenvalue weighted by atomic mass is 19.1. The van der Waals surface area contributed by atoms with Gasteiger partial charge in [-0.05, 0) is 58.2 Å². The highest BCUT2D eigenvalue weighted by Gasteiger charge is 2.44. The van der Waals surface area contributed by atoms with Crippen molar-refractivity contribution in [3.63, 3.8) is 0 Å². The fraction of sp³-hybridized carbons (Fsp3) is 0.571. The summed E-state index contributed by atoms with van der Waals surface area (Å²) in [6.07, 6.45) is 2.81. The van der Waals surface area contributed by atoms with Gasteiger partial charge >= 0.3 is 5.97 Å². The molecular weight excluding hydrogens is 363 g/mol. The number of aryl methyl sites for hydroxylation is 1. The summed E-state index contributed by atoms with van der Waals surface area (Å²) in [6.45, 7) is 6.85. The van der Waals surface area contributed by atoms with Gasteiger partial charge in [0.25, 0.3) is 5.91 Å². The van der Waals surface area contributed by atoms with Crippen molar-refractivity contribution in [2.45, 2.75) is 65.3 Å². The molecule has 28 heavy (non-hydrogen) atoms. The molecule has 0 aliphatic heterocycles. The van der Waals surface area contributed by atoms with Gasteiger partial charge in [0, 0.05) is 12.0 Å². The maximum Gasteiger partial charge on any atom is 0.313 e. The number of hydrogen-bond donors (Lipinski definition) is 2. The van der Waals surface area contributed by atoms with E-state index in [1.165, 1.54) is 12.1 Å². The average Bonchev–Trinajstić information content (AvgIpc) is 3.03. The summed E-state index contributed by atoms with van der Waals surface area (Å²) in [5.74, 6) is -1.93. The third-order valence-electron chi connectivity index (χ3n) is 4.74. The second-order valence-electron chi connectivity index (χ2n) is 8.57. The third-order valence-corrected chi connectivity index (χ3v) is 4.74. The Kier molecular flexibility index (Phi) is 6.80. The second kappa shape index (κ2) is 8.71. The smallest absolute Gasteiger partial charge is 0.313 e. The minimum atomic E-state index is -0.898. The molecule has 1 fully saturated rings. The summed E-state index contributed by atoms with van der Waals surface area (Å²) in [5.41, 5.74) is -0.519. The van der Waals surface area contributed by atoms with Crippen LogP contribution in [-0.4, -0.2) is 29.9 Å². The molecule has 1 aromatic rings. The highest BCUT2D eigenvalue weighted by Crippen LogP contribution is 2.42. The van der Waals surface area contributed by atoms with E-state index in [0.717, 1.165) is 18.4 Å². The lowest BCUT2D eigenvalue weighted by atomic mass is 9.82. The first-order chi connectivity index (χ1) is 13.0. The molecule has 1 saturated carbocycles. The lowest BCUT2D eigenvalue weighted by Crippen LogP contribution is -2.44. The largest absolute Gasteiger partial charge is 0.455 e. The van der Waals surface area contributed by atoms with Crippen molar-refractivity contribution in [1.82, 2.24) is 5.32 Å². The summed E-state index contributed by atoms with van der Waals surface area (Å²) in [6, 6.07) is 4.44. The number of rotatable bonds is 6. The lowest BCUT2D eigenvalue weighted by Gasteiger charge is -2.28. The van der Waals surface area contributed by atoms with Gasteiger partial charge in [-0.3, -0.25) is 14.4 Å². The molecule has 1 aliphatic rings. The molecule has 0 saturated heterocycles. The summed E-state index contributed by atoms with van der Waals surface area (Å²) < 4.78 is 19.0. The van der Waals surface area contributed by atoms with Crippen LogP contribution in [0.3, 0.4) is 0 Å². The standard InChI is InChI=1S/C21H29FN2O4/c1-14-7-8-16(15(22)11-14)23-18(26)13-28-19(27)21(9-5-6-10-21)12-17(25)24-20(2,3)4/h7-8,11H,5-6,9-10,12-13H2,1-4H3,(H,23,26)(H,24,25). The van der Waals surface area contributed by atoms with E-state index >= 15 is 0 Å². The van der Waals surface area contributed by atoms with Gasteiger partial charge < -0.3 is 15.4 Å². The fourth-order valence-corrected chi connectivity index (χ4v) is 3.47. The number of ether oxygens (including phenoxy) is 1. The molecule has 2 rings (SSSR count). The molecule has 0 heterocycles. The molecule has 0 radical (unpaired) electrons. The Bertz CT molecular complexity index is 749. The Hall–Kier alpha value is -2.44. The molecule has 2 amide bonds. The minimum Gasteiger partial charge on any atom is -0.455 e. The molecule has 1 aromatic carbocycles. The molecule has 0 spiro atoms. The highest BCUT2D eigenvalue weighted by molar-refractivity contribution is 5.94. The molecule has 7 heteroatoms. The zero-order chi connectivity index (χ0) is 20.9. The number of anilines is 1. The zero-order valence-corrected chi connectivity index (χ0v) is 17.0. The van der Waals surface area contributed by atoms with Crippen molar-refractivity contribution < 1.29 is 23.5 Å². The van der Waals surface area contributed by atoms with Crippen LogP contribution in [0.1, 0.15) is 58.4 Å². The number of carbonyl (C=O) groups excluding carboxylic acids is 3. The molecule has 1 aliphatic carbocycles. The van der Waals surface area contributed by atoms with Crippen LogP contribution >= 0.6 is 0 Å². The van der Waals surface area contributed by atoms with E-state index in [1.807, 2.05) is 20.8 Å². The van der Waals surface area contributed by atoms with E-state index in [4.69, 9.17) is 4.74 Å². The molecule has 0 atom stereocenters. The van der Waals surface area contributed by atoms with Crippen LogP contribution < -0.4 is 10.6 Å². The predicted octanol–water partition coefficient (Wildman–Crippen LogP) is 3.48. The lowest BCUT2D eigenvalue weighted by molar-refractivity contribution is -0.160. The molecule has 0 bridgehead atoms. The van der Waals surface area contributed by atoms with E-state index in [0.29, 0.717) is 12.8 Å². The first-order valence-electron chi connectivity index (χ1n) is 9.55. The number of amides is 2. The fourth-order valence-electron chi connectivity index (χ4n) is 3.47. The van der Waals surface area contributed by atoms with E-state index < -0.39 is 35.3 Å². The Balaban J connectivity index is 1.94. The number of hydrogen-bond acceptors (Lipinski definition) is 4. The van der Waals surface area contributed by atoms with E-state index in [-0.39, 0.29) is 18.0 Å². The van der Waals surface area contributed by atoms with Gasteiger partial charge in [-0.15, -0.1) is 0 Å². The Morgan fingerprint density at radius 3 is 2.36 bits per heavy atom. The summed E-state index contributed by atoms with van der Waals surface area (Å²) >= 11 is 0. The van der Waals surface area contributed by atoms with Crippen molar-refractivity contribution in [3.8, 4) is 0 Å². The Labute approximate surface area is 165 Å². The normalized spacial score (nSPS) is 15.8. The molecule has 2 N–H and O–H groups in total. The molecular formula is C21H29FN2O4. The van der Waals surface area contributed by atoms with Gasteiger partial charge in [0.2, 0.25) is 5.91 Å². The van der Waals surface area contributed by atoms with Crippen molar-refractivity contribution in [1.29, 1.82) is 0 Å². The van der Waals surface area contributed by atoms with Gasteiger partial charge in [0.05, 0.1) is 11.1 Å². The van der Waals surface area contributed by atoms with Crippen LogP contribution in [0, 0.1) is 18.2 Å². The van der Waals surface area contributed by atoms with Gasteiger partial charge in [0.1, 0.15) is 5.82 Å². The summed E-state index contributed by atoms with van der Waals surface area (Å²) in [4.78, 5) is 37.1. The predicted molar refractivity (Wildman–Crippen MR) is 104 cm³/mol. The number of carbonyl (C=O) groups is 3. The monoisotopic (exact) mass is 392 g/mol. The van der Waals surface area contributed by atoms with Crippen LogP contribution in [0.25, 0.3) is 0 Å². The third kappa shape index (κ3) is 6.04. The first kappa shape index (κ1) is 21.9. The van der Waals surface area contributed by atoms with Crippen LogP contribution in [0.2, 0.25) is 0 Å². The maximum atomic E-state index is 13.8. The molecule has 154 valence electrons. The van der Waals surface area contributed by atoms with Gasteiger partial charge in [-0.1, -0.05) is 18.9 Å². The van der Waals surface area contributed by atoms with Crippen molar-refractivity contribution >= 4 is 23.5 Å². The molecule has 0 unspecified atom stereocenters. The Morgan fingerprint density at radius 1 is 1.14 bits per heavy atom. The number of halogens is 1. The van der Waals surface area contributed by atoms with E-state index in [1.54, 1.807) is 13.0 Å². The number of nitrogens with one attached hydrogen (secondary N) is 2. The van der Waals surface area contributed by atoms with Crippen molar-refractivity contribution in [2.24, 2.45) is 5.41 Å². The van der Waals surface area contributed by atoms with Crippen LogP contribution in [0.5, 0.6) is 0 Å². The van der Waals surface area contributed by atoms with E-state index in [9.17, 15) is 18.8 Å². The zero-order valence-electron chi connectivity index (χ0n) is 17.0. The summed E-state index contributed by atoms with van der Waals surface area (Å²) in [5, 5.41) is 5.26. The quantitative estimate of drug-likeness (QED) is 0.726. The Morgan fingerprint density at radius 2 is 1.79 bits per heavy atom. The van der Waals surface area contributed by atoms with Gasteiger partial charge in [-0.25, -0.2) is 4.39 Å². The van der Waals surface area contributed by atoms with E-state index in [2.05, 4.69) is 10.6 Å². The van der Waals surface area contributed by atoms with Crippen LogP contribution in [-0.2, 0) is 19.1 Å². The van der Waals surface area contributed by atoms with Crippen molar-refractivity contribution in [3.05, 3.63) is 29.6 Å². The second-order valence-corrected chi connectivity index (χ2v) is 8.57. The first-order valence-corrected chi connectivity index (χ1v) is 9.55. The molecule has 0 aromatic heterocycles. The van der Waals surface area contributed by atoms with Gasteiger partial charge in [-0.2, -0.15) is 0 Å². The van der Waals surface area contributed by atoms with Gasteiger partial charge in [0.15, 0.2) is 6.61 Å². The number of benzene rings is 1. The maximum absolute atomic E-state index is 13.8. The number of esters is 1. The topological polar surface area (TPSA) is 84.5 Å². The SMILES string of the molecule is Cc1ccc(NC(=O)COC(=O)C2(CC(=O)NC(C)(C)C)CCCC2)c(F)c1.